The zero-order valence-corrected chi connectivity index (χ0v) is 18.2. The van der Waals surface area contributed by atoms with Gasteiger partial charge in [0.05, 0.1) is 16.8 Å². The van der Waals surface area contributed by atoms with Gasteiger partial charge in [-0.2, -0.15) is 0 Å². The summed E-state index contributed by atoms with van der Waals surface area (Å²) in [6.07, 6.45) is 1.66. The van der Waals surface area contributed by atoms with Crippen molar-refractivity contribution in [3.8, 4) is 28.1 Å². The average Bonchev–Trinajstić information content (AvgIpc) is 3.50. The number of para-hydroxylation sites is 1. The van der Waals surface area contributed by atoms with Gasteiger partial charge in [0.2, 0.25) is 5.88 Å². The fourth-order valence-electron chi connectivity index (χ4n) is 3.08. The molecule has 0 fully saturated rings. The highest BCUT2D eigenvalue weighted by molar-refractivity contribution is 7.21. The second-order valence-electron chi connectivity index (χ2n) is 7.06. The van der Waals surface area contributed by atoms with Crippen LogP contribution in [0.25, 0.3) is 21.0 Å². The van der Waals surface area contributed by atoms with E-state index >= 15 is 0 Å². The van der Waals surface area contributed by atoms with E-state index in [1.807, 2.05) is 48.5 Å². The van der Waals surface area contributed by atoms with Crippen molar-refractivity contribution >= 4 is 27.5 Å². The standard InChI is InChI=1S/C25H19N3O4S/c29-23(16-30-17-8-10-18(11-9-17)32-24-7-3-4-14-26-24)27-15-19-12-13-21(31-19)25-28-20-5-1-2-6-22(20)33-25/h1-14H,15-16H2,(H,27,29). The highest BCUT2D eigenvalue weighted by atomic mass is 32.1. The molecule has 5 aromatic rings. The van der Waals surface area contributed by atoms with Gasteiger partial charge in [0.15, 0.2) is 17.4 Å². The summed E-state index contributed by atoms with van der Waals surface area (Å²) in [5.41, 5.74) is 0.942. The molecule has 33 heavy (non-hydrogen) atoms. The first-order chi connectivity index (χ1) is 16.2. The summed E-state index contributed by atoms with van der Waals surface area (Å²) >= 11 is 1.57. The number of fused-ring (bicyclic) bond motifs is 1. The lowest BCUT2D eigenvalue weighted by Gasteiger charge is -2.08. The molecule has 1 N–H and O–H groups in total. The highest BCUT2D eigenvalue weighted by Crippen LogP contribution is 2.31. The van der Waals surface area contributed by atoms with E-state index < -0.39 is 0 Å². The number of hydrogen-bond acceptors (Lipinski definition) is 7. The Bertz CT molecular complexity index is 1330. The summed E-state index contributed by atoms with van der Waals surface area (Å²) < 4.78 is 18.1. The van der Waals surface area contributed by atoms with Crippen LogP contribution in [0, 0.1) is 0 Å². The molecule has 0 radical (unpaired) electrons. The van der Waals surface area contributed by atoms with Gasteiger partial charge in [0.1, 0.15) is 17.3 Å². The quantitative estimate of drug-likeness (QED) is 0.334. The molecule has 0 unspecified atom stereocenters. The molecular weight excluding hydrogens is 438 g/mol. The summed E-state index contributed by atoms with van der Waals surface area (Å²) in [6, 6.07) is 24.1. The molecule has 164 valence electrons. The predicted octanol–water partition coefficient (Wildman–Crippen LogP) is 5.44. The number of carbonyl (C=O) groups excluding carboxylic acids is 1. The molecule has 0 saturated carbocycles. The lowest BCUT2D eigenvalue weighted by Crippen LogP contribution is -2.28. The Hall–Kier alpha value is -4.17. The van der Waals surface area contributed by atoms with Crippen molar-refractivity contribution in [1.29, 1.82) is 0 Å². The van der Waals surface area contributed by atoms with E-state index in [1.54, 1.807) is 47.9 Å². The van der Waals surface area contributed by atoms with Crippen molar-refractivity contribution in [2.24, 2.45) is 0 Å². The summed E-state index contributed by atoms with van der Waals surface area (Å²) in [5, 5.41) is 3.61. The molecule has 5 rings (SSSR count). The van der Waals surface area contributed by atoms with E-state index in [2.05, 4.69) is 15.3 Å². The Kier molecular flexibility index (Phi) is 5.99. The molecule has 8 heteroatoms. The van der Waals surface area contributed by atoms with Crippen LogP contribution in [-0.4, -0.2) is 22.5 Å². The first-order valence-corrected chi connectivity index (χ1v) is 11.1. The lowest BCUT2D eigenvalue weighted by molar-refractivity contribution is -0.123. The molecule has 0 atom stereocenters. The molecule has 0 saturated heterocycles. The van der Waals surface area contributed by atoms with Crippen LogP contribution in [0.2, 0.25) is 0 Å². The second kappa shape index (κ2) is 9.54. The van der Waals surface area contributed by atoms with Gasteiger partial charge in [-0.1, -0.05) is 18.2 Å². The van der Waals surface area contributed by atoms with Crippen molar-refractivity contribution in [1.82, 2.24) is 15.3 Å². The Morgan fingerprint density at radius 1 is 0.939 bits per heavy atom. The minimum Gasteiger partial charge on any atom is -0.484 e. The van der Waals surface area contributed by atoms with Gasteiger partial charge in [-0.05, 0) is 54.6 Å². The Labute approximate surface area is 193 Å². The number of hydrogen-bond donors (Lipinski definition) is 1. The molecule has 2 aromatic carbocycles. The lowest BCUT2D eigenvalue weighted by atomic mass is 10.3. The second-order valence-corrected chi connectivity index (χ2v) is 8.09. The molecule has 1 amide bonds. The number of furan rings is 1. The van der Waals surface area contributed by atoms with Gasteiger partial charge in [0.25, 0.3) is 5.91 Å². The Morgan fingerprint density at radius 3 is 2.58 bits per heavy atom. The fraction of sp³-hybridized carbons (Fsp3) is 0.0800. The van der Waals surface area contributed by atoms with Crippen LogP contribution >= 0.6 is 11.3 Å². The monoisotopic (exact) mass is 457 g/mol. The summed E-state index contributed by atoms with van der Waals surface area (Å²) in [4.78, 5) is 20.9. The van der Waals surface area contributed by atoms with Crippen molar-refractivity contribution in [2.75, 3.05) is 6.61 Å². The van der Waals surface area contributed by atoms with Crippen LogP contribution in [0.4, 0.5) is 0 Å². The van der Waals surface area contributed by atoms with Gasteiger partial charge in [0, 0.05) is 12.3 Å². The molecule has 3 heterocycles. The minimum absolute atomic E-state index is 0.105. The zero-order valence-electron chi connectivity index (χ0n) is 17.4. The van der Waals surface area contributed by atoms with Crippen LogP contribution in [0.1, 0.15) is 5.76 Å². The zero-order chi connectivity index (χ0) is 22.5. The summed E-state index contributed by atoms with van der Waals surface area (Å²) in [6.45, 7) is 0.163. The summed E-state index contributed by atoms with van der Waals surface area (Å²) in [7, 11) is 0. The molecule has 0 aliphatic heterocycles. The molecule has 0 aliphatic carbocycles. The molecule has 0 aliphatic rings. The van der Waals surface area contributed by atoms with Crippen LogP contribution in [0.3, 0.4) is 0 Å². The van der Waals surface area contributed by atoms with Gasteiger partial charge in [-0.3, -0.25) is 4.79 Å². The topological polar surface area (TPSA) is 86.5 Å². The predicted molar refractivity (Wildman–Crippen MR) is 125 cm³/mol. The number of rotatable bonds is 8. The van der Waals surface area contributed by atoms with E-state index in [4.69, 9.17) is 13.9 Å². The number of benzene rings is 2. The summed E-state index contributed by atoms with van der Waals surface area (Å²) in [5.74, 6) is 2.79. The van der Waals surface area contributed by atoms with Crippen LogP contribution in [0.5, 0.6) is 17.4 Å². The Morgan fingerprint density at radius 2 is 1.76 bits per heavy atom. The number of thiazole rings is 1. The average molecular weight is 458 g/mol. The highest BCUT2D eigenvalue weighted by Gasteiger charge is 2.11. The van der Waals surface area contributed by atoms with E-state index in [9.17, 15) is 4.79 Å². The van der Waals surface area contributed by atoms with Crippen molar-refractivity contribution in [3.63, 3.8) is 0 Å². The Balaban J connectivity index is 1.10. The number of nitrogens with zero attached hydrogens (tertiary/aromatic N) is 2. The maximum atomic E-state index is 12.2. The number of amides is 1. The van der Waals surface area contributed by atoms with Gasteiger partial charge in [-0.25, -0.2) is 9.97 Å². The van der Waals surface area contributed by atoms with Crippen molar-refractivity contribution < 1.29 is 18.7 Å². The van der Waals surface area contributed by atoms with Crippen LogP contribution in [0.15, 0.2) is 89.5 Å². The van der Waals surface area contributed by atoms with E-state index in [1.165, 1.54) is 0 Å². The van der Waals surface area contributed by atoms with Gasteiger partial charge in [-0.15, -0.1) is 11.3 Å². The number of nitrogens with one attached hydrogen (secondary N) is 1. The normalized spacial score (nSPS) is 10.8. The van der Waals surface area contributed by atoms with Crippen molar-refractivity contribution in [3.05, 3.63) is 90.8 Å². The third-order valence-electron chi connectivity index (χ3n) is 4.68. The van der Waals surface area contributed by atoms with E-state index in [-0.39, 0.29) is 19.1 Å². The third kappa shape index (κ3) is 5.19. The molecular formula is C25H19N3O4S. The van der Waals surface area contributed by atoms with E-state index in [0.29, 0.717) is 28.9 Å². The fourth-order valence-corrected chi connectivity index (χ4v) is 4.01. The largest absolute Gasteiger partial charge is 0.484 e. The number of carbonyl (C=O) groups is 1. The maximum absolute atomic E-state index is 12.2. The van der Waals surface area contributed by atoms with Gasteiger partial charge < -0.3 is 19.2 Å². The van der Waals surface area contributed by atoms with E-state index in [0.717, 1.165) is 15.2 Å². The maximum Gasteiger partial charge on any atom is 0.258 e. The number of aromatic nitrogens is 2. The molecule has 0 bridgehead atoms. The minimum atomic E-state index is -0.248. The number of pyridine rings is 1. The number of ether oxygens (including phenoxy) is 2. The molecule has 0 spiro atoms. The van der Waals surface area contributed by atoms with Crippen LogP contribution < -0.4 is 14.8 Å². The smallest absolute Gasteiger partial charge is 0.258 e. The molecule has 3 aromatic heterocycles. The third-order valence-corrected chi connectivity index (χ3v) is 5.73. The van der Waals surface area contributed by atoms with Crippen LogP contribution in [-0.2, 0) is 11.3 Å². The first-order valence-electron chi connectivity index (χ1n) is 10.3. The SMILES string of the molecule is O=C(COc1ccc(Oc2ccccn2)cc1)NCc1ccc(-c2nc3ccccc3s2)o1. The molecule has 7 nitrogen and oxygen atoms in total. The van der Waals surface area contributed by atoms with Crippen molar-refractivity contribution in [2.45, 2.75) is 6.54 Å². The van der Waals surface area contributed by atoms with Gasteiger partial charge >= 0.3 is 0 Å². The first kappa shape index (κ1) is 20.7.